The first-order valence-corrected chi connectivity index (χ1v) is 9.25. The van der Waals surface area contributed by atoms with Crippen LogP contribution in [0.1, 0.15) is 54.4 Å². The normalized spacial score (nSPS) is 34.5. The molecule has 3 aliphatic rings. The summed E-state index contributed by atoms with van der Waals surface area (Å²) in [6.45, 7) is 9.85. The number of hydrogen-bond acceptors (Lipinski definition) is 6. The van der Waals surface area contributed by atoms with Crippen molar-refractivity contribution in [3.05, 3.63) is 22.8 Å². The van der Waals surface area contributed by atoms with Crippen LogP contribution in [0.2, 0.25) is 0 Å². The van der Waals surface area contributed by atoms with Gasteiger partial charge in [0.25, 0.3) is 0 Å². The molecular formula is C20H29NO6. The monoisotopic (exact) mass is 379 g/mol. The Morgan fingerprint density at radius 3 is 2.37 bits per heavy atom. The number of aliphatic hydroxyl groups is 2. The third-order valence-corrected chi connectivity index (χ3v) is 6.25. The van der Waals surface area contributed by atoms with Crippen LogP contribution in [0, 0.1) is 10.8 Å². The van der Waals surface area contributed by atoms with Crippen molar-refractivity contribution < 1.29 is 29.7 Å². The van der Waals surface area contributed by atoms with E-state index in [1.807, 2.05) is 6.92 Å². The Labute approximate surface area is 159 Å². The number of fused-ring (bicyclic) bond motifs is 1. The van der Waals surface area contributed by atoms with E-state index < -0.39 is 40.0 Å². The first-order chi connectivity index (χ1) is 12.2. The third-order valence-electron chi connectivity index (χ3n) is 6.25. The van der Waals surface area contributed by atoms with Crippen LogP contribution in [0.15, 0.2) is 22.8 Å². The molecule has 1 saturated carbocycles. The average molecular weight is 379 g/mol. The molecule has 3 atom stereocenters. The van der Waals surface area contributed by atoms with Crippen LogP contribution in [-0.4, -0.2) is 56.2 Å². The van der Waals surface area contributed by atoms with E-state index in [0.29, 0.717) is 23.5 Å². The summed E-state index contributed by atoms with van der Waals surface area (Å²) in [6.07, 6.45) is 0.966. The SMILES string of the molecule is CC1=C2C(=CC(C)(CN(O)C(=O)OC(C)(C)C)C2O)C(=O)C(C)(O)C12CC2. The van der Waals surface area contributed by atoms with Crippen LogP contribution >= 0.6 is 0 Å². The summed E-state index contributed by atoms with van der Waals surface area (Å²) < 4.78 is 5.14. The summed E-state index contributed by atoms with van der Waals surface area (Å²) in [5.41, 5.74) is -2.37. The van der Waals surface area contributed by atoms with Crippen molar-refractivity contribution in [2.45, 2.75) is 71.7 Å². The summed E-state index contributed by atoms with van der Waals surface area (Å²) in [7, 11) is 0. The minimum atomic E-state index is -1.51. The second kappa shape index (κ2) is 5.65. The minimum Gasteiger partial charge on any atom is -0.442 e. The molecule has 3 unspecified atom stereocenters. The van der Waals surface area contributed by atoms with Crippen molar-refractivity contribution in [3.8, 4) is 0 Å². The van der Waals surface area contributed by atoms with Gasteiger partial charge in [0, 0.05) is 16.4 Å². The molecule has 27 heavy (non-hydrogen) atoms. The van der Waals surface area contributed by atoms with E-state index in [4.69, 9.17) is 4.74 Å². The topological polar surface area (TPSA) is 107 Å². The van der Waals surface area contributed by atoms with Gasteiger partial charge >= 0.3 is 6.09 Å². The molecule has 1 spiro atoms. The lowest BCUT2D eigenvalue weighted by atomic mass is 9.67. The highest BCUT2D eigenvalue weighted by Gasteiger charge is 2.66. The highest BCUT2D eigenvalue weighted by Crippen LogP contribution is 2.65. The number of carbonyl (C=O) groups is 2. The van der Waals surface area contributed by atoms with Gasteiger partial charge in [-0.05, 0) is 53.0 Å². The second-order valence-electron chi connectivity index (χ2n) is 9.53. The number of Topliss-reactive ketones (excluding diaryl/α,β-unsaturated/α-hetero) is 1. The molecule has 7 heteroatoms. The number of nitrogens with zero attached hydrogens (tertiary/aromatic N) is 1. The van der Waals surface area contributed by atoms with Gasteiger partial charge in [0.15, 0.2) is 5.78 Å². The summed E-state index contributed by atoms with van der Waals surface area (Å²) in [5, 5.41) is 32.5. The number of hydrogen-bond donors (Lipinski definition) is 3. The number of carbonyl (C=O) groups excluding carboxylic acids is 2. The highest BCUT2D eigenvalue weighted by molar-refractivity contribution is 6.09. The molecule has 0 bridgehead atoms. The summed E-state index contributed by atoms with van der Waals surface area (Å²) >= 11 is 0. The van der Waals surface area contributed by atoms with Crippen molar-refractivity contribution in [2.24, 2.45) is 10.8 Å². The Morgan fingerprint density at radius 1 is 1.33 bits per heavy atom. The fourth-order valence-corrected chi connectivity index (χ4v) is 4.48. The van der Waals surface area contributed by atoms with Crippen LogP contribution < -0.4 is 0 Å². The third kappa shape index (κ3) is 2.83. The van der Waals surface area contributed by atoms with Gasteiger partial charge < -0.3 is 14.9 Å². The predicted octanol–water partition coefficient (Wildman–Crippen LogP) is 2.35. The lowest BCUT2D eigenvalue weighted by Crippen LogP contribution is -2.50. The number of aliphatic hydroxyl groups excluding tert-OH is 1. The van der Waals surface area contributed by atoms with E-state index in [9.17, 15) is 25.0 Å². The van der Waals surface area contributed by atoms with Gasteiger partial charge in [0.1, 0.15) is 11.2 Å². The molecule has 0 radical (unpaired) electrons. The summed E-state index contributed by atoms with van der Waals surface area (Å²) in [5.74, 6) is -0.412. The van der Waals surface area contributed by atoms with Crippen molar-refractivity contribution in [2.75, 3.05) is 6.54 Å². The quantitative estimate of drug-likeness (QED) is 0.502. The molecule has 1 amide bonds. The molecule has 1 fully saturated rings. The van der Waals surface area contributed by atoms with Crippen LogP contribution in [0.4, 0.5) is 4.79 Å². The van der Waals surface area contributed by atoms with E-state index in [1.54, 1.807) is 33.8 Å². The van der Waals surface area contributed by atoms with Gasteiger partial charge in [0.2, 0.25) is 0 Å². The smallest absolute Gasteiger partial charge is 0.434 e. The Bertz CT molecular complexity index is 768. The molecule has 0 aromatic carbocycles. The Morgan fingerprint density at radius 2 is 1.89 bits per heavy atom. The Kier molecular flexibility index (Phi) is 4.20. The maximum Gasteiger partial charge on any atom is 0.434 e. The zero-order valence-electron chi connectivity index (χ0n) is 16.8. The molecular weight excluding hydrogens is 350 g/mol. The summed E-state index contributed by atoms with van der Waals surface area (Å²) in [4.78, 5) is 25.0. The molecule has 150 valence electrons. The Hall–Kier alpha value is -1.70. The molecule has 3 rings (SSSR count). The van der Waals surface area contributed by atoms with E-state index in [2.05, 4.69) is 0 Å². The van der Waals surface area contributed by atoms with Crippen molar-refractivity contribution in [1.82, 2.24) is 5.06 Å². The maximum absolute atomic E-state index is 12.9. The molecule has 0 aromatic heterocycles. The zero-order chi connectivity index (χ0) is 20.6. The Balaban J connectivity index is 1.93. The van der Waals surface area contributed by atoms with E-state index in [1.165, 1.54) is 6.92 Å². The average Bonchev–Trinajstić information content (AvgIpc) is 3.28. The molecule has 7 nitrogen and oxygen atoms in total. The number of amides is 1. The number of ether oxygens (including phenoxy) is 1. The van der Waals surface area contributed by atoms with Gasteiger partial charge in [-0.2, -0.15) is 5.06 Å². The summed E-state index contributed by atoms with van der Waals surface area (Å²) in [6, 6.07) is 0. The van der Waals surface area contributed by atoms with Crippen LogP contribution in [0.3, 0.4) is 0 Å². The van der Waals surface area contributed by atoms with E-state index >= 15 is 0 Å². The van der Waals surface area contributed by atoms with Crippen molar-refractivity contribution >= 4 is 11.9 Å². The van der Waals surface area contributed by atoms with Crippen molar-refractivity contribution in [3.63, 3.8) is 0 Å². The zero-order valence-corrected chi connectivity index (χ0v) is 16.8. The van der Waals surface area contributed by atoms with Crippen LogP contribution in [0.5, 0.6) is 0 Å². The van der Waals surface area contributed by atoms with Gasteiger partial charge in [-0.25, -0.2) is 4.79 Å². The number of ketones is 1. The lowest BCUT2D eigenvalue weighted by Gasteiger charge is -2.40. The molecule has 3 N–H and O–H groups in total. The van der Waals surface area contributed by atoms with E-state index in [-0.39, 0.29) is 12.1 Å². The van der Waals surface area contributed by atoms with Gasteiger partial charge in [-0.1, -0.05) is 18.6 Å². The highest BCUT2D eigenvalue weighted by atomic mass is 16.6. The molecule has 0 heterocycles. The standard InChI is InChI=1S/C20H29NO6/c1-11-13-12(14(22)19(6,25)20(11)7-8-20)9-18(5,15(13)23)10-21(26)16(24)27-17(2,3)4/h9,15,23,25-26H,7-8,10H2,1-6H3. The first kappa shape index (κ1) is 20.0. The van der Waals surface area contributed by atoms with Crippen LogP contribution in [-0.2, 0) is 9.53 Å². The lowest BCUT2D eigenvalue weighted by molar-refractivity contribution is -0.138. The minimum absolute atomic E-state index is 0.244. The first-order valence-electron chi connectivity index (χ1n) is 9.25. The number of rotatable bonds is 2. The molecule has 0 aromatic rings. The largest absolute Gasteiger partial charge is 0.442 e. The van der Waals surface area contributed by atoms with Crippen molar-refractivity contribution in [1.29, 1.82) is 0 Å². The fraction of sp³-hybridized carbons (Fsp3) is 0.700. The number of hydroxylamine groups is 2. The molecule has 0 saturated heterocycles. The molecule has 0 aliphatic heterocycles. The fourth-order valence-electron chi connectivity index (χ4n) is 4.48. The van der Waals surface area contributed by atoms with Gasteiger partial charge in [0.05, 0.1) is 12.6 Å². The van der Waals surface area contributed by atoms with Gasteiger partial charge in [-0.3, -0.25) is 10.0 Å². The maximum atomic E-state index is 12.9. The van der Waals surface area contributed by atoms with Gasteiger partial charge in [-0.15, -0.1) is 0 Å². The van der Waals surface area contributed by atoms with Crippen LogP contribution in [0.25, 0.3) is 0 Å². The van der Waals surface area contributed by atoms with E-state index in [0.717, 1.165) is 5.57 Å². The second-order valence-corrected chi connectivity index (χ2v) is 9.53. The predicted molar refractivity (Wildman–Crippen MR) is 96.9 cm³/mol. The molecule has 3 aliphatic carbocycles.